The van der Waals surface area contributed by atoms with Gasteiger partial charge < -0.3 is 10.5 Å². The van der Waals surface area contributed by atoms with E-state index >= 15 is 0 Å². The lowest BCUT2D eigenvalue weighted by Crippen LogP contribution is -2.42. The number of nitro groups is 1. The first-order valence-electron chi connectivity index (χ1n) is 6.48. The van der Waals surface area contributed by atoms with E-state index in [2.05, 4.69) is 4.74 Å². The molecule has 0 unspecified atom stereocenters. The van der Waals surface area contributed by atoms with Gasteiger partial charge in [-0.3, -0.25) is 19.7 Å². The summed E-state index contributed by atoms with van der Waals surface area (Å²) in [6, 6.07) is 2.44. The monoisotopic (exact) mass is 363 g/mol. The quantitative estimate of drug-likeness (QED) is 0.381. The Balaban J connectivity index is 3.41. The molecule has 1 amide bonds. The van der Waals surface area contributed by atoms with Gasteiger partial charge in [0.25, 0.3) is 10.0 Å². The summed E-state index contributed by atoms with van der Waals surface area (Å²) in [6.45, 7) is -0.423. The second kappa shape index (κ2) is 7.79. The van der Waals surface area contributed by atoms with Crippen LogP contribution in [0.3, 0.4) is 0 Å². The number of rotatable bonds is 8. The molecule has 0 aliphatic carbocycles. The molecule has 1 aromatic carbocycles. The highest BCUT2D eigenvalue weighted by Gasteiger charge is 2.36. The standard InChI is InChI=1S/C12H14FN3O7S/c1-2-23-11(18)7-15(6-10(14)17)24(21,22)9-5-3-4-8(13)12(9)16(19)20/h3-5H,2,6-7H2,1H3,(H2,14,17). The topological polar surface area (TPSA) is 150 Å². The molecule has 0 radical (unpaired) electrons. The second-order valence-electron chi connectivity index (χ2n) is 4.39. The molecule has 0 aliphatic heterocycles. The van der Waals surface area contributed by atoms with Crippen molar-refractivity contribution >= 4 is 27.6 Å². The van der Waals surface area contributed by atoms with Crippen molar-refractivity contribution in [1.29, 1.82) is 0 Å². The number of ether oxygens (including phenoxy) is 1. The third kappa shape index (κ3) is 4.45. The molecule has 1 aromatic rings. The van der Waals surface area contributed by atoms with E-state index in [1.54, 1.807) is 0 Å². The molecule has 0 saturated carbocycles. The highest BCUT2D eigenvalue weighted by atomic mass is 32.2. The van der Waals surface area contributed by atoms with Crippen LogP contribution in [0.25, 0.3) is 0 Å². The Morgan fingerprint density at radius 2 is 2.00 bits per heavy atom. The Bertz CT molecular complexity index is 766. The third-order valence-electron chi connectivity index (χ3n) is 2.69. The third-order valence-corrected chi connectivity index (χ3v) is 4.52. The first kappa shape index (κ1) is 19.4. The number of benzene rings is 1. The van der Waals surface area contributed by atoms with Gasteiger partial charge in [0.15, 0.2) is 4.90 Å². The number of carbonyl (C=O) groups excluding carboxylic acids is 2. The van der Waals surface area contributed by atoms with Crippen LogP contribution in [0, 0.1) is 15.9 Å². The molecule has 24 heavy (non-hydrogen) atoms. The van der Waals surface area contributed by atoms with Crippen LogP contribution in [0.1, 0.15) is 6.92 Å². The first-order chi connectivity index (χ1) is 11.1. The number of nitro benzene ring substituents is 1. The summed E-state index contributed by atoms with van der Waals surface area (Å²) in [7, 11) is -4.76. The van der Waals surface area contributed by atoms with E-state index in [0.29, 0.717) is 6.07 Å². The summed E-state index contributed by atoms with van der Waals surface area (Å²) in [4.78, 5) is 31.3. The highest BCUT2D eigenvalue weighted by molar-refractivity contribution is 7.89. The molecule has 12 heteroatoms. The first-order valence-corrected chi connectivity index (χ1v) is 7.92. The van der Waals surface area contributed by atoms with Crippen LogP contribution in [-0.4, -0.2) is 49.2 Å². The van der Waals surface area contributed by atoms with E-state index in [-0.39, 0.29) is 10.9 Å². The summed E-state index contributed by atoms with van der Waals surface area (Å²) >= 11 is 0. The number of carbonyl (C=O) groups is 2. The van der Waals surface area contributed by atoms with Crippen LogP contribution in [0.2, 0.25) is 0 Å². The van der Waals surface area contributed by atoms with E-state index < -0.39 is 56.3 Å². The lowest BCUT2D eigenvalue weighted by molar-refractivity contribution is -0.390. The number of esters is 1. The van der Waals surface area contributed by atoms with Gasteiger partial charge in [-0.05, 0) is 19.1 Å². The van der Waals surface area contributed by atoms with Crippen molar-refractivity contribution in [3.05, 3.63) is 34.1 Å². The zero-order valence-electron chi connectivity index (χ0n) is 12.5. The zero-order valence-corrected chi connectivity index (χ0v) is 13.3. The maximum Gasteiger partial charge on any atom is 0.324 e. The Morgan fingerprint density at radius 1 is 1.38 bits per heavy atom. The molecule has 0 heterocycles. The van der Waals surface area contributed by atoms with Crippen molar-refractivity contribution < 1.29 is 32.1 Å². The van der Waals surface area contributed by atoms with E-state index in [9.17, 15) is 32.5 Å². The number of nitrogens with two attached hydrogens (primary N) is 1. The average Bonchev–Trinajstić information content (AvgIpc) is 2.45. The molecule has 0 saturated heterocycles. The van der Waals surface area contributed by atoms with Crippen molar-refractivity contribution in [2.45, 2.75) is 11.8 Å². The summed E-state index contributed by atoms with van der Waals surface area (Å²) in [5.41, 5.74) is 3.64. The van der Waals surface area contributed by atoms with Crippen LogP contribution >= 0.6 is 0 Å². The van der Waals surface area contributed by atoms with Gasteiger partial charge in [0.05, 0.1) is 18.1 Å². The fraction of sp³-hybridized carbons (Fsp3) is 0.333. The second-order valence-corrected chi connectivity index (χ2v) is 6.29. The summed E-state index contributed by atoms with van der Waals surface area (Å²) in [6.07, 6.45) is 0. The molecule has 1 rings (SSSR count). The number of halogens is 1. The molecule has 2 N–H and O–H groups in total. The Labute approximate surface area is 136 Å². The molecule has 0 fully saturated rings. The Kier molecular flexibility index (Phi) is 6.31. The number of primary amides is 1. The van der Waals surface area contributed by atoms with Crippen molar-refractivity contribution in [3.63, 3.8) is 0 Å². The van der Waals surface area contributed by atoms with Gasteiger partial charge in [0.2, 0.25) is 11.7 Å². The van der Waals surface area contributed by atoms with Crippen LogP contribution in [0.5, 0.6) is 0 Å². The van der Waals surface area contributed by atoms with E-state index in [4.69, 9.17) is 5.73 Å². The minimum absolute atomic E-state index is 0.0522. The van der Waals surface area contributed by atoms with Crippen molar-refractivity contribution in [2.75, 3.05) is 19.7 Å². The SMILES string of the molecule is CCOC(=O)CN(CC(N)=O)S(=O)(=O)c1cccc(F)c1[N+](=O)[O-]. The predicted octanol–water partition coefficient (Wildman–Crippen LogP) is -0.227. The molecule has 0 spiro atoms. The molecule has 0 aromatic heterocycles. The zero-order chi connectivity index (χ0) is 18.5. The molecular formula is C12H14FN3O7S. The van der Waals surface area contributed by atoms with Crippen LogP contribution < -0.4 is 5.73 Å². The van der Waals surface area contributed by atoms with Gasteiger partial charge >= 0.3 is 11.7 Å². The largest absolute Gasteiger partial charge is 0.465 e. The molecule has 10 nitrogen and oxygen atoms in total. The summed E-state index contributed by atoms with van der Waals surface area (Å²) < 4.78 is 43.5. The van der Waals surface area contributed by atoms with Gasteiger partial charge in [-0.25, -0.2) is 8.42 Å². The maximum atomic E-state index is 13.6. The summed E-state index contributed by atoms with van der Waals surface area (Å²) in [5, 5.41) is 11.0. The summed E-state index contributed by atoms with van der Waals surface area (Å²) in [5.74, 6) is -3.49. The van der Waals surface area contributed by atoms with Gasteiger partial charge in [-0.1, -0.05) is 6.07 Å². The van der Waals surface area contributed by atoms with Crippen LogP contribution in [-0.2, 0) is 24.3 Å². The normalized spacial score (nSPS) is 11.3. The van der Waals surface area contributed by atoms with Gasteiger partial charge in [-0.15, -0.1) is 0 Å². The fourth-order valence-electron chi connectivity index (χ4n) is 1.77. The number of hydrogen-bond donors (Lipinski definition) is 1. The van der Waals surface area contributed by atoms with Crippen LogP contribution in [0.15, 0.2) is 23.1 Å². The van der Waals surface area contributed by atoms with Crippen molar-refractivity contribution in [2.24, 2.45) is 5.73 Å². The number of nitrogens with zero attached hydrogens (tertiary/aromatic N) is 2. The fourth-order valence-corrected chi connectivity index (χ4v) is 3.29. The minimum Gasteiger partial charge on any atom is -0.465 e. The van der Waals surface area contributed by atoms with Gasteiger partial charge in [0.1, 0.15) is 6.54 Å². The average molecular weight is 363 g/mol. The van der Waals surface area contributed by atoms with Crippen LogP contribution in [0.4, 0.5) is 10.1 Å². The lowest BCUT2D eigenvalue weighted by atomic mass is 10.3. The Morgan fingerprint density at radius 3 is 2.50 bits per heavy atom. The van der Waals surface area contributed by atoms with E-state index in [1.165, 1.54) is 6.92 Å². The maximum absolute atomic E-state index is 13.6. The van der Waals surface area contributed by atoms with Crippen molar-refractivity contribution in [3.8, 4) is 0 Å². The number of hydrogen-bond acceptors (Lipinski definition) is 7. The van der Waals surface area contributed by atoms with Gasteiger partial charge in [-0.2, -0.15) is 8.70 Å². The Hall–Kier alpha value is -2.60. The molecule has 0 bridgehead atoms. The molecule has 0 atom stereocenters. The highest BCUT2D eigenvalue weighted by Crippen LogP contribution is 2.29. The number of sulfonamides is 1. The predicted molar refractivity (Wildman–Crippen MR) is 77.6 cm³/mol. The lowest BCUT2D eigenvalue weighted by Gasteiger charge is -2.19. The number of para-hydroxylation sites is 1. The van der Waals surface area contributed by atoms with Crippen molar-refractivity contribution in [1.82, 2.24) is 4.31 Å². The molecule has 0 aliphatic rings. The van der Waals surface area contributed by atoms with E-state index in [0.717, 1.165) is 12.1 Å². The molecular weight excluding hydrogens is 349 g/mol. The smallest absolute Gasteiger partial charge is 0.324 e. The van der Waals surface area contributed by atoms with Gasteiger partial charge in [0, 0.05) is 0 Å². The minimum atomic E-state index is -4.76. The number of amides is 1. The van der Waals surface area contributed by atoms with E-state index in [1.807, 2.05) is 0 Å². The molecule has 132 valence electrons.